The van der Waals surface area contributed by atoms with Crippen LogP contribution in [0.25, 0.3) is 10.9 Å². The van der Waals surface area contributed by atoms with Gasteiger partial charge in [0.25, 0.3) is 5.56 Å². The average Bonchev–Trinajstić information content (AvgIpc) is 2.36. The first-order valence-electron chi connectivity index (χ1n) is 5.48. The topological polar surface area (TPSA) is 51.5 Å². The molecule has 0 saturated carbocycles. The fourth-order valence-electron chi connectivity index (χ4n) is 2.01. The van der Waals surface area contributed by atoms with E-state index in [1.807, 2.05) is 6.92 Å². The van der Waals surface area contributed by atoms with Crippen LogP contribution in [-0.2, 0) is 13.5 Å². The van der Waals surface area contributed by atoms with Gasteiger partial charge in [0.1, 0.15) is 11.5 Å². The van der Waals surface area contributed by atoms with Crippen LogP contribution < -0.4 is 10.3 Å². The van der Waals surface area contributed by atoms with E-state index in [-0.39, 0.29) is 11.3 Å². The lowest BCUT2D eigenvalue weighted by Crippen LogP contribution is -2.21. The second-order valence-electron chi connectivity index (χ2n) is 3.93. The lowest BCUT2D eigenvalue weighted by Gasteiger charge is -2.11. The van der Waals surface area contributed by atoms with E-state index in [0.29, 0.717) is 28.6 Å². The third-order valence-electron chi connectivity index (χ3n) is 3.02. The summed E-state index contributed by atoms with van der Waals surface area (Å²) in [5.74, 6) is 0.740. The Bertz CT molecular complexity index is 629. The van der Waals surface area contributed by atoms with Crippen LogP contribution in [0, 0.1) is 0 Å². The van der Waals surface area contributed by atoms with Gasteiger partial charge in [0.15, 0.2) is 0 Å². The molecule has 90 valence electrons. The van der Waals surface area contributed by atoms with Crippen molar-refractivity contribution in [2.75, 3.05) is 7.11 Å². The summed E-state index contributed by atoms with van der Waals surface area (Å²) in [6.07, 6.45) is 0.514. The van der Waals surface area contributed by atoms with Gasteiger partial charge in [0, 0.05) is 18.5 Å². The van der Waals surface area contributed by atoms with Crippen LogP contribution in [0.3, 0.4) is 0 Å². The Balaban J connectivity index is 2.93. The molecule has 1 N–H and O–H groups in total. The van der Waals surface area contributed by atoms with Crippen LogP contribution in [-0.4, -0.2) is 16.8 Å². The fourth-order valence-corrected chi connectivity index (χ4v) is 2.01. The van der Waals surface area contributed by atoms with E-state index in [4.69, 9.17) is 4.74 Å². The lowest BCUT2D eigenvalue weighted by molar-refractivity contribution is 0.415. The number of hydrogen-bond donors (Lipinski definition) is 1. The van der Waals surface area contributed by atoms with E-state index in [2.05, 4.69) is 0 Å². The van der Waals surface area contributed by atoms with Crippen molar-refractivity contribution >= 4 is 10.9 Å². The highest BCUT2D eigenvalue weighted by atomic mass is 16.5. The molecule has 17 heavy (non-hydrogen) atoms. The highest BCUT2D eigenvalue weighted by Crippen LogP contribution is 2.28. The predicted molar refractivity (Wildman–Crippen MR) is 66.8 cm³/mol. The number of nitrogens with zero attached hydrogens (tertiary/aromatic N) is 1. The number of benzene rings is 1. The molecule has 0 radical (unpaired) electrons. The van der Waals surface area contributed by atoms with E-state index in [1.165, 1.54) is 4.57 Å². The summed E-state index contributed by atoms with van der Waals surface area (Å²) < 4.78 is 6.65. The number of ether oxygens (including phenoxy) is 1. The molecule has 0 bridgehead atoms. The number of aromatic hydroxyl groups is 1. The van der Waals surface area contributed by atoms with Gasteiger partial charge in [-0.05, 0) is 18.6 Å². The van der Waals surface area contributed by atoms with E-state index >= 15 is 0 Å². The average molecular weight is 233 g/mol. The molecule has 0 spiro atoms. The molecule has 0 amide bonds. The number of pyridine rings is 1. The SMILES string of the molecule is CCc1c(O)c2ccc(OC)cc2n(C)c1=O. The van der Waals surface area contributed by atoms with Crippen LogP contribution in [0.1, 0.15) is 12.5 Å². The molecule has 4 heteroatoms. The molecule has 0 saturated heterocycles. The summed E-state index contributed by atoms with van der Waals surface area (Å²) in [5, 5.41) is 10.7. The molecule has 4 nitrogen and oxygen atoms in total. The molecular weight excluding hydrogens is 218 g/mol. The maximum atomic E-state index is 12.0. The lowest BCUT2D eigenvalue weighted by atomic mass is 10.1. The zero-order valence-electron chi connectivity index (χ0n) is 10.2. The third kappa shape index (κ3) is 1.65. The van der Waals surface area contributed by atoms with Crippen molar-refractivity contribution < 1.29 is 9.84 Å². The van der Waals surface area contributed by atoms with Gasteiger partial charge in [-0.3, -0.25) is 4.79 Å². The molecule has 2 rings (SSSR count). The number of aromatic nitrogens is 1. The van der Waals surface area contributed by atoms with Crippen molar-refractivity contribution in [3.05, 3.63) is 34.1 Å². The Morgan fingerprint density at radius 3 is 2.71 bits per heavy atom. The Hall–Kier alpha value is -1.97. The molecule has 0 aliphatic heterocycles. The summed E-state index contributed by atoms with van der Waals surface area (Å²) in [6, 6.07) is 5.28. The number of aryl methyl sites for hydroxylation is 1. The number of rotatable bonds is 2. The first-order valence-corrected chi connectivity index (χ1v) is 5.48. The summed E-state index contributed by atoms with van der Waals surface area (Å²) in [5.41, 5.74) is 0.958. The van der Waals surface area contributed by atoms with Gasteiger partial charge >= 0.3 is 0 Å². The molecule has 0 unspecified atom stereocenters. The molecule has 0 aliphatic rings. The van der Waals surface area contributed by atoms with Crippen molar-refractivity contribution in [1.82, 2.24) is 4.57 Å². The molecule has 0 fully saturated rings. The van der Waals surface area contributed by atoms with E-state index in [9.17, 15) is 9.90 Å². The first-order chi connectivity index (χ1) is 8.10. The summed E-state index contributed by atoms with van der Waals surface area (Å²) >= 11 is 0. The first kappa shape index (κ1) is 11.5. The minimum atomic E-state index is -0.161. The normalized spacial score (nSPS) is 10.8. The largest absolute Gasteiger partial charge is 0.507 e. The molecule has 1 aromatic carbocycles. The number of methoxy groups -OCH3 is 1. The van der Waals surface area contributed by atoms with Crippen LogP contribution in [0.15, 0.2) is 23.0 Å². The van der Waals surface area contributed by atoms with Gasteiger partial charge in [-0.25, -0.2) is 0 Å². The Morgan fingerprint density at radius 1 is 1.41 bits per heavy atom. The summed E-state index contributed by atoms with van der Waals surface area (Å²) in [6.45, 7) is 1.85. The van der Waals surface area contributed by atoms with Gasteiger partial charge in [0.05, 0.1) is 18.2 Å². The van der Waals surface area contributed by atoms with Gasteiger partial charge < -0.3 is 14.4 Å². The Kier molecular flexibility index (Phi) is 2.79. The fraction of sp³-hybridized carbons (Fsp3) is 0.308. The minimum absolute atomic E-state index is 0.0771. The number of fused-ring (bicyclic) bond motifs is 1. The summed E-state index contributed by atoms with van der Waals surface area (Å²) in [7, 11) is 3.27. The maximum Gasteiger partial charge on any atom is 0.257 e. The third-order valence-corrected chi connectivity index (χ3v) is 3.02. The quantitative estimate of drug-likeness (QED) is 0.860. The van der Waals surface area contributed by atoms with Crippen LogP contribution >= 0.6 is 0 Å². The van der Waals surface area contributed by atoms with Crippen molar-refractivity contribution in [3.63, 3.8) is 0 Å². The summed E-state index contributed by atoms with van der Waals surface area (Å²) in [4.78, 5) is 12.0. The minimum Gasteiger partial charge on any atom is -0.507 e. The predicted octanol–water partition coefficient (Wildman–Crippen LogP) is 1.82. The zero-order valence-corrected chi connectivity index (χ0v) is 10.2. The monoisotopic (exact) mass is 233 g/mol. The molecular formula is C13H15NO3. The van der Waals surface area contributed by atoms with Gasteiger partial charge in [0.2, 0.25) is 0 Å². The second kappa shape index (κ2) is 4.13. The van der Waals surface area contributed by atoms with Gasteiger partial charge in [-0.2, -0.15) is 0 Å². The van der Waals surface area contributed by atoms with Crippen molar-refractivity contribution in [3.8, 4) is 11.5 Å². The molecule has 2 aromatic rings. The van der Waals surface area contributed by atoms with E-state index < -0.39 is 0 Å². The smallest absolute Gasteiger partial charge is 0.257 e. The standard InChI is InChI=1S/C13H15NO3/c1-4-9-12(15)10-6-5-8(17-3)7-11(10)14(2)13(9)16/h5-7,15H,4H2,1-3H3. The van der Waals surface area contributed by atoms with Crippen molar-refractivity contribution in [2.45, 2.75) is 13.3 Å². The van der Waals surface area contributed by atoms with E-state index in [0.717, 1.165) is 0 Å². The second-order valence-corrected chi connectivity index (χ2v) is 3.93. The zero-order chi connectivity index (χ0) is 12.6. The molecule has 1 heterocycles. The van der Waals surface area contributed by atoms with Crippen molar-refractivity contribution in [1.29, 1.82) is 0 Å². The highest BCUT2D eigenvalue weighted by Gasteiger charge is 2.13. The number of hydrogen-bond acceptors (Lipinski definition) is 3. The molecule has 1 aromatic heterocycles. The molecule has 0 atom stereocenters. The Morgan fingerprint density at radius 2 is 2.12 bits per heavy atom. The Labute approximate surface area is 99.1 Å². The van der Waals surface area contributed by atoms with Crippen LogP contribution in [0.2, 0.25) is 0 Å². The van der Waals surface area contributed by atoms with Crippen LogP contribution in [0.4, 0.5) is 0 Å². The maximum absolute atomic E-state index is 12.0. The highest BCUT2D eigenvalue weighted by molar-refractivity contribution is 5.87. The molecule has 0 aliphatic carbocycles. The van der Waals surface area contributed by atoms with Gasteiger partial charge in [-0.1, -0.05) is 6.92 Å². The van der Waals surface area contributed by atoms with E-state index in [1.54, 1.807) is 32.4 Å². The van der Waals surface area contributed by atoms with Crippen molar-refractivity contribution in [2.24, 2.45) is 7.05 Å². The van der Waals surface area contributed by atoms with Crippen LogP contribution in [0.5, 0.6) is 11.5 Å². The van der Waals surface area contributed by atoms with Gasteiger partial charge in [-0.15, -0.1) is 0 Å².